The molecule has 0 unspecified atom stereocenters. The molecule has 0 aromatic heterocycles. The summed E-state index contributed by atoms with van der Waals surface area (Å²) in [7, 11) is -4.59. The second kappa shape index (κ2) is 4.60. The Morgan fingerprint density at radius 1 is 1.33 bits per heavy atom. The van der Waals surface area contributed by atoms with Crippen molar-refractivity contribution in [3.8, 4) is 0 Å². The molecule has 0 aliphatic rings. The highest BCUT2D eigenvalue weighted by Gasteiger charge is 2.36. The van der Waals surface area contributed by atoms with Crippen molar-refractivity contribution in [1.82, 2.24) is 0 Å². The first-order valence-electron chi connectivity index (χ1n) is 4.66. The molecule has 0 spiro atoms. The number of aryl methyl sites for hydroxylation is 1. The van der Waals surface area contributed by atoms with Crippen LogP contribution in [0.2, 0.25) is 0 Å². The molecule has 100 valence electrons. The minimum absolute atomic E-state index is 0.0734. The van der Waals surface area contributed by atoms with Crippen LogP contribution in [0.15, 0.2) is 23.1 Å². The van der Waals surface area contributed by atoms with Crippen molar-refractivity contribution >= 4 is 15.8 Å². The Morgan fingerprint density at radius 2 is 1.89 bits per heavy atom. The van der Waals surface area contributed by atoms with E-state index in [1.807, 2.05) is 0 Å². The highest BCUT2D eigenvalue weighted by Crippen LogP contribution is 2.25. The first-order chi connectivity index (χ1) is 8.03. The predicted molar refractivity (Wildman–Crippen MR) is 56.2 cm³/mol. The van der Waals surface area contributed by atoms with E-state index in [4.69, 9.17) is 5.11 Å². The zero-order valence-electron chi connectivity index (χ0n) is 9.15. The van der Waals surface area contributed by atoms with Gasteiger partial charge in [-0.2, -0.15) is 13.2 Å². The van der Waals surface area contributed by atoms with Gasteiger partial charge in [-0.1, -0.05) is 6.07 Å². The van der Waals surface area contributed by atoms with Gasteiger partial charge >= 0.3 is 12.1 Å². The van der Waals surface area contributed by atoms with Crippen molar-refractivity contribution in [3.05, 3.63) is 29.3 Å². The van der Waals surface area contributed by atoms with Gasteiger partial charge in [0.2, 0.25) is 0 Å². The summed E-state index contributed by atoms with van der Waals surface area (Å²) >= 11 is 0. The SMILES string of the molecule is Cc1ccc(C(=O)O)cc1S(=O)(=O)CC(F)(F)F. The Morgan fingerprint density at radius 3 is 2.33 bits per heavy atom. The molecule has 0 radical (unpaired) electrons. The van der Waals surface area contributed by atoms with Crippen molar-refractivity contribution in [2.24, 2.45) is 0 Å². The lowest BCUT2D eigenvalue weighted by Crippen LogP contribution is -2.23. The molecule has 0 atom stereocenters. The van der Waals surface area contributed by atoms with Gasteiger partial charge in [0.1, 0.15) is 0 Å². The van der Waals surface area contributed by atoms with Crippen LogP contribution in [0.5, 0.6) is 0 Å². The second-order valence-corrected chi connectivity index (χ2v) is 5.62. The molecule has 1 rings (SSSR count). The van der Waals surface area contributed by atoms with Crippen LogP contribution in [0.3, 0.4) is 0 Å². The largest absolute Gasteiger partial charge is 0.478 e. The summed E-state index contributed by atoms with van der Waals surface area (Å²) in [4.78, 5) is 10.0. The zero-order valence-corrected chi connectivity index (χ0v) is 9.97. The van der Waals surface area contributed by atoms with Gasteiger partial charge in [-0.15, -0.1) is 0 Å². The molecule has 0 fully saturated rings. The zero-order chi connectivity index (χ0) is 14.1. The molecule has 0 bridgehead atoms. The number of sulfone groups is 1. The number of carboxylic acid groups (broad SMARTS) is 1. The first kappa shape index (κ1) is 14.5. The number of alkyl halides is 3. The Hall–Kier alpha value is -1.57. The molecule has 1 aromatic carbocycles. The molecule has 0 aliphatic carbocycles. The van der Waals surface area contributed by atoms with Gasteiger partial charge in [-0.05, 0) is 24.6 Å². The predicted octanol–water partition coefficient (Wildman–Crippen LogP) is 2.03. The van der Waals surface area contributed by atoms with E-state index in [-0.39, 0.29) is 11.1 Å². The van der Waals surface area contributed by atoms with Crippen LogP contribution in [0.4, 0.5) is 13.2 Å². The van der Waals surface area contributed by atoms with E-state index < -0.39 is 32.6 Å². The van der Waals surface area contributed by atoms with Crippen molar-refractivity contribution in [2.45, 2.75) is 18.0 Å². The van der Waals surface area contributed by atoms with Gasteiger partial charge in [0.25, 0.3) is 0 Å². The average molecular weight is 282 g/mol. The number of rotatable bonds is 3. The molecule has 1 aromatic rings. The Labute approximate surface area is 101 Å². The average Bonchev–Trinajstić information content (AvgIpc) is 2.13. The monoisotopic (exact) mass is 282 g/mol. The van der Waals surface area contributed by atoms with Gasteiger partial charge in [-0.25, -0.2) is 13.2 Å². The van der Waals surface area contributed by atoms with Crippen LogP contribution in [0, 0.1) is 6.92 Å². The molecule has 4 nitrogen and oxygen atoms in total. The van der Waals surface area contributed by atoms with E-state index in [1.54, 1.807) is 0 Å². The lowest BCUT2D eigenvalue weighted by molar-refractivity contribution is -0.106. The third-order valence-corrected chi connectivity index (χ3v) is 3.94. The fourth-order valence-corrected chi connectivity index (χ4v) is 2.81. The van der Waals surface area contributed by atoms with Gasteiger partial charge in [0.05, 0.1) is 10.5 Å². The Balaban J connectivity index is 3.32. The summed E-state index contributed by atoms with van der Waals surface area (Å²) in [5, 5.41) is 8.68. The molecule has 18 heavy (non-hydrogen) atoms. The molecule has 0 heterocycles. The van der Waals surface area contributed by atoms with Gasteiger partial charge in [0, 0.05) is 0 Å². The summed E-state index contributed by atoms with van der Waals surface area (Å²) < 4.78 is 59.5. The molecular weight excluding hydrogens is 273 g/mol. The van der Waals surface area contributed by atoms with E-state index in [1.165, 1.54) is 6.92 Å². The lowest BCUT2D eigenvalue weighted by Gasteiger charge is -2.10. The quantitative estimate of drug-likeness (QED) is 0.920. The third kappa shape index (κ3) is 3.46. The minimum atomic E-state index is -4.87. The highest BCUT2D eigenvalue weighted by atomic mass is 32.2. The van der Waals surface area contributed by atoms with E-state index in [9.17, 15) is 26.4 Å². The van der Waals surface area contributed by atoms with Crippen LogP contribution in [0.1, 0.15) is 15.9 Å². The Bertz CT molecular complexity index is 575. The highest BCUT2D eigenvalue weighted by molar-refractivity contribution is 7.91. The van der Waals surface area contributed by atoms with Gasteiger partial charge in [-0.3, -0.25) is 0 Å². The maximum absolute atomic E-state index is 12.1. The van der Waals surface area contributed by atoms with E-state index in [2.05, 4.69) is 0 Å². The fourth-order valence-electron chi connectivity index (χ4n) is 1.36. The van der Waals surface area contributed by atoms with E-state index >= 15 is 0 Å². The molecule has 8 heteroatoms. The lowest BCUT2D eigenvalue weighted by atomic mass is 10.1. The van der Waals surface area contributed by atoms with E-state index in [0.29, 0.717) is 0 Å². The van der Waals surface area contributed by atoms with Crippen molar-refractivity contribution in [3.63, 3.8) is 0 Å². The minimum Gasteiger partial charge on any atom is -0.478 e. The number of aromatic carboxylic acids is 1. The molecule has 1 N–H and O–H groups in total. The van der Waals surface area contributed by atoms with Crippen molar-refractivity contribution < 1.29 is 31.5 Å². The second-order valence-electron chi connectivity index (χ2n) is 3.66. The van der Waals surface area contributed by atoms with E-state index in [0.717, 1.165) is 18.2 Å². The summed E-state index contributed by atoms with van der Waals surface area (Å²) in [5.74, 6) is -3.41. The number of benzene rings is 1. The number of carbonyl (C=O) groups is 1. The molecule has 0 amide bonds. The number of halogens is 3. The van der Waals surface area contributed by atoms with Crippen LogP contribution in [-0.2, 0) is 9.84 Å². The van der Waals surface area contributed by atoms with Crippen molar-refractivity contribution in [2.75, 3.05) is 5.75 Å². The summed E-state index contributed by atoms with van der Waals surface area (Å²) in [5.41, 5.74) is -0.300. The summed E-state index contributed by atoms with van der Waals surface area (Å²) in [6.45, 7) is 1.30. The van der Waals surface area contributed by atoms with Crippen LogP contribution in [0.25, 0.3) is 0 Å². The van der Waals surface area contributed by atoms with Crippen LogP contribution >= 0.6 is 0 Å². The topological polar surface area (TPSA) is 71.4 Å². The van der Waals surface area contributed by atoms with Crippen LogP contribution in [-0.4, -0.2) is 31.4 Å². The summed E-state index contributed by atoms with van der Waals surface area (Å²) in [6, 6.07) is 3.02. The smallest absolute Gasteiger partial charge is 0.403 e. The Kier molecular flexibility index (Phi) is 3.70. The number of hydrogen-bond donors (Lipinski definition) is 1. The molecule has 0 saturated heterocycles. The maximum Gasteiger partial charge on any atom is 0.403 e. The van der Waals surface area contributed by atoms with Crippen molar-refractivity contribution in [1.29, 1.82) is 0 Å². The third-order valence-electron chi connectivity index (χ3n) is 2.12. The first-order valence-corrected chi connectivity index (χ1v) is 6.31. The van der Waals surface area contributed by atoms with Crippen LogP contribution < -0.4 is 0 Å². The summed E-state index contributed by atoms with van der Waals surface area (Å²) in [6.07, 6.45) is -4.87. The maximum atomic E-state index is 12.1. The number of hydrogen-bond acceptors (Lipinski definition) is 3. The normalized spacial score (nSPS) is 12.4. The molecule has 0 saturated carbocycles. The standard InChI is InChI=1S/C10H9F3O4S/c1-6-2-3-7(9(14)15)4-8(6)18(16,17)5-10(11,12)13/h2-4H,5H2,1H3,(H,14,15). The van der Waals surface area contributed by atoms with Gasteiger partial charge in [0.15, 0.2) is 15.6 Å². The number of carboxylic acids is 1. The molecule has 0 aliphatic heterocycles. The van der Waals surface area contributed by atoms with Gasteiger partial charge < -0.3 is 5.11 Å². The fraction of sp³-hybridized carbons (Fsp3) is 0.300. The molecular formula is C10H9F3O4S.